The number of hydrogen-bond donors (Lipinski definition) is 1. The van der Waals surface area contributed by atoms with Gasteiger partial charge < -0.3 is 10.1 Å². The van der Waals surface area contributed by atoms with Crippen molar-refractivity contribution in [3.8, 4) is 5.75 Å². The first-order valence-electron chi connectivity index (χ1n) is 6.25. The van der Waals surface area contributed by atoms with Crippen molar-refractivity contribution in [2.75, 3.05) is 7.11 Å². The molecule has 3 rings (SSSR count). The van der Waals surface area contributed by atoms with Crippen molar-refractivity contribution in [2.24, 2.45) is 0 Å². The molecule has 1 aromatic rings. The molecule has 2 fully saturated rings. The molecule has 2 aliphatic heterocycles. The van der Waals surface area contributed by atoms with Crippen LogP contribution in [0.25, 0.3) is 0 Å². The predicted molar refractivity (Wildman–Crippen MR) is 64.9 cm³/mol. The van der Waals surface area contributed by atoms with E-state index >= 15 is 0 Å². The maximum Gasteiger partial charge on any atom is 0.119 e. The monoisotopic (exact) mass is 217 g/mol. The van der Waals surface area contributed by atoms with Crippen LogP contribution in [0.1, 0.15) is 37.2 Å². The Morgan fingerprint density at radius 3 is 2.62 bits per heavy atom. The summed E-state index contributed by atoms with van der Waals surface area (Å²) < 4.78 is 5.30. The van der Waals surface area contributed by atoms with Crippen LogP contribution in [0.4, 0.5) is 0 Å². The quantitative estimate of drug-likeness (QED) is 0.822. The minimum Gasteiger partial charge on any atom is -0.497 e. The average molecular weight is 217 g/mol. The number of piperidine rings is 1. The molecule has 0 spiro atoms. The van der Waals surface area contributed by atoms with Crippen molar-refractivity contribution in [1.82, 2.24) is 5.32 Å². The summed E-state index contributed by atoms with van der Waals surface area (Å²) in [6, 6.07) is 10.1. The van der Waals surface area contributed by atoms with Gasteiger partial charge in [0.1, 0.15) is 5.75 Å². The zero-order valence-electron chi connectivity index (χ0n) is 9.78. The summed E-state index contributed by atoms with van der Waals surface area (Å²) in [4.78, 5) is 0. The molecular weight excluding hydrogens is 198 g/mol. The highest BCUT2D eigenvalue weighted by Gasteiger charge is 2.33. The van der Waals surface area contributed by atoms with Gasteiger partial charge in [0.2, 0.25) is 0 Å². The number of ether oxygens (including phenoxy) is 1. The zero-order valence-corrected chi connectivity index (χ0v) is 9.78. The van der Waals surface area contributed by atoms with Gasteiger partial charge in [-0.2, -0.15) is 0 Å². The van der Waals surface area contributed by atoms with E-state index in [1.165, 1.54) is 31.2 Å². The van der Waals surface area contributed by atoms with E-state index < -0.39 is 0 Å². The van der Waals surface area contributed by atoms with Gasteiger partial charge in [-0.3, -0.25) is 0 Å². The van der Waals surface area contributed by atoms with Crippen molar-refractivity contribution >= 4 is 0 Å². The Kier molecular flexibility index (Phi) is 2.60. The van der Waals surface area contributed by atoms with Gasteiger partial charge >= 0.3 is 0 Å². The normalized spacial score (nSPS) is 32.7. The molecule has 2 aliphatic rings. The van der Waals surface area contributed by atoms with E-state index in [0.29, 0.717) is 0 Å². The van der Waals surface area contributed by atoms with Crippen LogP contribution in [0.5, 0.6) is 5.75 Å². The number of methoxy groups -OCH3 is 1. The lowest BCUT2D eigenvalue weighted by molar-refractivity contribution is 0.361. The minimum absolute atomic E-state index is 0.730. The van der Waals surface area contributed by atoms with E-state index in [4.69, 9.17) is 4.74 Å². The molecular formula is C14H19NO. The van der Waals surface area contributed by atoms with Crippen LogP contribution < -0.4 is 10.1 Å². The summed E-state index contributed by atoms with van der Waals surface area (Å²) >= 11 is 0. The Bertz CT molecular complexity index is 365. The smallest absolute Gasteiger partial charge is 0.119 e. The average Bonchev–Trinajstić information content (AvgIpc) is 2.68. The molecule has 0 radical (unpaired) electrons. The fraction of sp³-hybridized carbons (Fsp3) is 0.571. The first kappa shape index (κ1) is 10.2. The molecule has 2 heteroatoms. The summed E-state index contributed by atoms with van der Waals surface area (Å²) in [6.07, 6.45) is 5.32. The van der Waals surface area contributed by atoms with Gasteiger partial charge in [0.15, 0.2) is 0 Å². The molecule has 0 aromatic heterocycles. The molecule has 0 aliphatic carbocycles. The van der Waals surface area contributed by atoms with Gasteiger partial charge in [-0.25, -0.2) is 0 Å². The Morgan fingerprint density at radius 1 is 1.19 bits per heavy atom. The molecule has 3 atom stereocenters. The third-order valence-corrected chi connectivity index (χ3v) is 4.04. The van der Waals surface area contributed by atoms with Crippen molar-refractivity contribution in [2.45, 2.75) is 43.7 Å². The van der Waals surface area contributed by atoms with Gasteiger partial charge in [0, 0.05) is 12.1 Å². The van der Waals surface area contributed by atoms with E-state index in [1.807, 2.05) is 6.07 Å². The van der Waals surface area contributed by atoms with Crippen molar-refractivity contribution in [3.63, 3.8) is 0 Å². The second-order valence-corrected chi connectivity index (χ2v) is 5.08. The molecule has 2 saturated heterocycles. The van der Waals surface area contributed by atoms with E-state index in [0.717, 1.165) is 23.8 Å². The second kappa shape index (κ2) is 4.10. The largest absolute Gasteiger partial charge is 0.497 e. The first-order valence-corrected chi connectivity index (χ1v) is 6.25. The maximum atomic E-state index is 5.30. The third-order valence-electron chi connectivity index (χ3n) is 4.04. The number of hydrogen-bond acceptors (Lipinski definition) is 2. The number of fused-ring (bicyclic) bond motifs is 2. The Morgan fingerprint density at radius 2 is 1.94 bits per heavy atom. The molecule has 0 saturated carbocycles. The van der Waals surface area contributed by atoms with Crippen LogP contribution in [-0.2, 0) is 0 Å². The van der Waals surface area contributed by atoms with Crippen LogP contribution in [0, 0.1) is 0 Å². The number of nitrogens with one attached hydrogen (secondary N) is 1. The van der Waals surface area contributed by atoms with Gasteiger partial charge in [0.05, 0.1) is 7.11 Å². The Hall–Kier alpha value is -1.02. The highest BCUT2D eigenvalue weighted by atomic mass is 16.5. The summed E-state index contributed by atoms with van der Waals surface area (Å²) in [5, 5.41) is 3.69. The third kappa shape index (κ3) is 1.82. The zero-order chi connectivity index (χ0) is 11.0. The molecule has 2 nitrogen and oxygen atoms in total. The summed E-state index contributed by atoms with van der Waals surface area (Å²) in [5.41, 5.74) is 1.46. The first-order chi connectivity index (χ1) is 7.85. The molecule has 86 valence electrons. The van der Waals surface area contributed by atoms with Crippen molar-refractivity contribution in [3.05, 3.63) is 29.8 Å². The van der Waals surface area contributed by atoms with Crippen LogP contribution in [-0.4, -0.2) is 19.2 Å². The predicted octanol–water partition coefficient (Wildman–Crippen LogP) is 2.69. The molecule has 0 unspecified atom stereocenters. The van der Waals surface area contributed by atoms with Crippen LogP contribution in [0.15, 0.2) is 24.3 Å². The van der Waals surface area contributed by atoms with Crippen molar-refractivity contribution < 1.29 is 4.74 Å². The molecule has 2 heterocycles. The minimum atomic E-state index is 0.730. The Balaban J connectivity index is 1.81. The highest BCUT2D eigenvalue weighted by Crippen LogP contribution is 2.37. The lowest BCUT2D eigenvalue weighted by Gasteiger charge is -2.29. The molecule has 2 bridgehead atoms. The van der Waals surface area contributed by atoms with Crippen LogP contribution in [0.3, 0.4) is 0 Å². The van der Waals surface area contributed by atoms with Gasteiger partial charge in [-0.15, -0.1) is 0 Å². The molecule has 0 amide bonds. The summed E-state index contributed by atoms with van der Waals surface area (Å²) in [7, 11) is 1.74. The Labute approximate surface area is 97.0 Å². The molecule has 1 aromatic carbocycles. The second-order valence-electron chi connectivity index (χ2n) is 5.08. The highest BCUT2D eigenvalue weighted by molar-refractivity contribution is 5.31. The standard InChI is InChI=1S/C14H19NO/c1-16-14-4-2-3-10(9-14)11-7-12-5-6-13(8-11)15-12/h2-4,9,11-13,15H,5-8H2,1H3/t11-,12+,13-. The molecule has 1 N–H and O–H groups in total. The SMILES string of the molecule is COc1cccc([C@H]2C[C@H]3CC[C@@H](C2)N3)c1. The van der Waals surface area contributed by atoms with E-state index in [1.54, 1.807) is 7.11 Å². The van der Waals surface area contributed by atoms with E-state index in [-0.39, 0.29) is 0 Å². The lowest BCUT2D eigenvalue weighted by Crippen LogP contribution is -2.37. The fourth-order valence-electron chi connectivity index (χ4n) is 3.22. The van der Waals surface area contributed by atoms with Gasteiger partial charge in [-0.05, 0) is 49.3 Å². The van der Waals surface area contributed by atoms with Gasteiger partial charge in [-0.1, -0.05) is 12.1 Å². The lowest BCUT2D eigenvalue weighted by atomic mass is 9.86. The number of benzene rings is 1. The summed E-state index contributed by atoms with van der Waals surface area (Å²) in [6.45, 7) is 0. The number of rotatable bonds is 2. The maximum absolute atomic E-state index is 5.30. The van der Waals surface area contributed by atoms with Crippen LogP contribution >= 0.6 is 0 Å². The fourth-order valence-corrected chi connectivity index (χ4v) is 3.22. The van der Waals surface area contributed by atoms with Crippen LogP contribution in [0.2, 0.25) is 0 Å². The van der Waals surface area contributed by atoms with Gasteiger partial charge in [0.25, 0.3) is 0 Å². The summed E-state index contributed by atoms with van der Waals surface area (Å²) in [5.74, 6) is 1.72. The topological polar surface area (TPSA) is 21.3 Å². The van der Waals surface area contributed by atoms with E-state index in [2.05, 4.69) is 23.5 Å². The van der Waals surface area contributed by atoms with E-state index in [9.17, 15) is 0 Å². The molecule has 16 heavy (non-hydrogen) atoms. The van der Waals surface area contributed by atoms with Crippen molar-refractivity contribution in [1.29, 1.82) is 0 Å².